The van der Waals surface area contributed by atoms with E-state index in [0.717, 1.165) is 6.07 Å². The quantitative estimate of drug-likeness (QED) is 0.875. The molecule has 0 saturated carbocycles. The molecule has 0 radical (unpaired) electrons. The number of hydrogen-bond acceptors (Lipinski definition) is 1. The largest absolute Gasteiger partial charge is 0.316 e. The monoisotopic (exact) mass is 313 g/mol. The summed E-state index contributed by atoms with van der Waals surface area (Å²) in [5, 5.41) is 3.33. The number of benzene rings is 2. The molecule has 1 nitrogen and oxygen atoms in total. The molecule has 1 atom stereocenters. The number of nitrogens with one attached hydrogen (secondary N) is 1. The molecular weight excluding hydrogens is 299 g/mol. The maximum absolute atomic E-state index is 13.8. The molecule has 0 heterocycles. The van der Waals surface area contributed by atoms with E-state index >= 15 is 0 Å². The Hall–Kier alpha value is -1.52. The van der Waals surface area contributed by atoms with Crippen LogP contribution >= 0.6 is 11.6 Å². The first kappa shape index (κ1) is 15.9. The Morgan fingerprint density at radius 3 is 2.38 bits per heavy atom. The molecule has 2 aromatic rings. The van der Waals surface area contributed by atoms with Gasteiger partial charge in [-0.1, -0.05) is 29.8 Å². The molecule has 0 saturated heterocycles. The Labute approximate surface area is 126 Å². The number of rotatable bonds is 5. The highest BCUT2D eigenvalue weighted by Gasteiger charge is 2.15. The third-order valence-corrected chi connectivity index (χ3v) is 3.62. The Kier molecular flexibility index (Phi) is 5.26. The van der Waals surface area contributed by atoms with Crippen LogP contribution in [0.1, 0.15) is 11.1 Å². The zero-order valence-corrected chi connectivity index (χ0v) is 12.2. The van der Waals surface area contributed by atoms with Crippen molar-refractivity contribution in [3.63, 3.8) is 0 Å². The van der Waals surface area contributed by atoms with E-state index in [0.29, 0.717) is 17.0 Å². The van der Waals surface area contributed by atoms with Crippen LogP contribution in [0.15, 0.2) is 36.4 Å². The zero-order valence-electron chi connectivity index (χ0n) is 11.5. The zero-order chi connectivity index (χ0) is 15.4. The van der Waals surface area contributed by atoms with Crippen molar-refractivity contribution in [2.75, 3.05) is 7.05 Å². The van der Waals surface area contributed by atoms with Crippen LogP contribution in [0.2, 0.25) is 5.02 Å². The smallest absolute Gasteiger partial charge is 0.162 e. The van der Waals surface area contributed by atoms with Crippen LogP contribution in [0.4, 0.5) is 13.2 Å². The topological polar surface area (TPSA) is 12.0 Å². The lowest BCUT2D eigenvalue weighted by molar-refractivity contribution is 0.479. The van der Waals surface area contributed by atoms with Crippen molar-refractivity contribution in [2.24, 2.45) is 0 Å². The molecule has 5 heteroatoms. The Bertz CT molecular complexity index is 631. The first-order valence-corrected chi connectivity index (χ1v) is 6.93. The third-order valence-electron chi connectivity index (χ3n) is 3.39. The molecule has 0 spiro atoms. The van der Waals surface area contributed by atoms with Crippen molar-refractivity contribution in [3.8, 4) is 0 Å². The normalized spacial score (nSPS) is 12.4. The predicted molar refractivity (Wildman–Crippen MR) is 78.0 cm³/mol. The van der Waals surface area contributed by atoms with Gasteiger partial charge < -0.3 is 5.32 Å². The number of halogens is 4. The molecule has 1 N–H and O–H groups in total. The van der Waals surface area contributed by atoms with E-state index in [4.69, 9.17) is 11.6 Å². The van der Waals surface area contributed by atoms with Gasteiger partial charge in [0.25, 0.3) is 0 Å². The highest BCUT2D eigenvalue weighted by atomic mass is 35.5. The van der Waals surface area contributed by atoms with Crippen LogP contribution in [-0.2, 0) is 12.8 Å². The molecule has 0 amide bonds. The minimum absolute atomic E-state index is 0.211. The van der Waals surface area contributed by atoms with Gasteiger partial charge >= 0.3 is 0 Å². The fourth-order valence-corrected chi connectivity index (χ4v) is 2.36. The van der Waals surface area contributed by atoms with Crippen LogP contribution in [0.25, 0.3) is 0 Å². The Balaban J connectivity index is 2.15. The molecular formula is C16H15ClF3N. The predicted octanol–water partition coefficient (Wildman–Crippen LogP) is 4.13. The second-order valence-electron chi connectivity index (χ2n) is 4.84. The summed E-state index contributed by atoms with van der Waals surface area (Å²) in [6.45, 7) is 0. The van der Waals surface area contributed by atoms with Crippen LogP contribution < -0.4 is 5.32 Å². The molecule has 0 aliphatic rings. The Morgan fingerprint density at radius 1 is 1.00 bits per heavy atom. The molecule has 21 heavy (non-hydrogen) atoms. The molecule has 2 rings (SSSR count). The van der Waals surface area contributed by atoms with E-state index in [1.165, 1.54) is 18.2 Å². The summed E-state index contributed by atoms with van der Waals surface area (Å²) in [4.78, 5) is 0. The first-order valence-electron chi connectivity index (χ1n) is 6.55. The molecule has 112 valence electrons. The minimum Gasteiger partial charge on any atom is -0.316 e. The van der Waals surface area contributed by atoms with Crippen molar-refractivity contribution in [3.05, 3.63) is 70.0 Å². The fourth-order valence-electron chi connectivity index (χ4n) is 2.20. The van der Waals surface area contributed by atoms with Crippen molar-refractivity contribution < 1.29 is 13.2 Å². The Morgan fingerprint density at radius 2 is 1.71 bits per heavy atom. The van der Waals surface area contributed by atoms with Gasteiger partial charge in [0.1, 0.15) is 5.82 Å². The average Bonchev–Trinajstić information content (AvgIpc) is 2.45. The first-order chi connectivity index (χ1) is 10.0. The lowest BCUT2D eigenvalue weighted by atomic mass is 9.98. The summed E-state index contributed by atoms with van der Waals surface area (Å²) in [6, 6.07) is 8.30. The molecule has 2 aromatic carbocycles. The summed E-state index contributed by atoms with van der Waals surface area (Å²) < 4.78 is 40.7. The van der Waals surface area contributed by atoms with Crippen molar-refractivity contribution >= 4 is 11.6 Å². The van der Waals surface area contributed by atoms with Gasteiger partial charge in [0.2, 0.25) is 0 Å². The SMILES string of the molecule is CNC(Cc1ccc(Cl)cc1F)Cc1cccc(F)c1F. The van der Waals surface area contributed by atoms with Gasteiger partial charge in [-0.3, -0.25) is 0 Å². The highest BCUT2D eigenvalue weighted by Crippen LogP contribution is 2.19. The summed E-state index contributed by atoms with van der Waals surface area (Å²) in [6.07, 6.45) is 0.623. The summed E-state index contributed by atoms with van der Waals surface area (Å²) in [5.74, 6) is -2.13. The number of likely N-dealkylation sites (N-methyl/N-ethyl adjacent to an activating group) is 1. The third kappa shape index (κ3) is 3.99. The van der Waals surface area contributed by atoms with Crippen LogP contribution in [0, 0.1) is 17.5 Å². The van der Waals surface area contributed by atoms with Gasteiger partial charge in [0.15, 0.2) is 11.6 Å². The minimum atomic E-state index is -0.875. The van der Waals surface area contributed by atoms with E-state index in [9.17, 15) is 13.2 Å². The van der Waals surface area contributed by atoms with Gasteiger partial charge in [-0.05, 0) is 49.2 Å². The van der Waals surface area contributed by atoms with Crippen molar-refractivity contribution in [2.45, 2.75) is 18.9 Å². The highest BCUT2D eigenvalue weighted by molar-refractivity contribution is 6.30. The van der Waals surface area contributed by atoms with Crippen molar-refractivity contribution in [1.82, 2.24) is 5.32 Å². The van der Waals surface area contributed by atoms with E-state index < -0.39 is 17.5 Å². The van der Waals surface area contributed by atoms with Gasteiger partial charge in [0.05, 0.1) is 0 Å². The van der Waals surface area contributed by atoms with E-state index in [1.54, 1.807) is 19.2 Å². The molecule has 0 fully saturated rings. The second kappa shape index (κ2) is 6.96. The van der Waals surface area contributed by atoms with Gasteiger partial charge in [-0.2, -0.15) is 0 Å². The van der Waals surface area contributed by atoms with E-state index in [1.807, 2.05) is 0 Å². The van der Waals surface area contributed by atoms with Crippen LogP contribution in [0.5, 0.6) is 0 Å². The molecule has 0 aliphatic carbocycles. The molecule has 1 unspecified atom stereocenters. The van der Waals surface area contributed by atoms with E-state index in [-0.39, 0.29) is 18.0 Å². The molecule has 0 aliphatic heterocycles. The average molecular weight is 314 g/mol. The molecule has 0 bridgehead atoms. The van der Waals surface area contributed by atoms with Crippen LogP contribution in [-0.4, -0.2) is 13.1 Å². The molecule has 0 aromatic heterocycles. The maximum Gasteiger partial charge on any atom is 0.162 e. The maximum atomic E-state index is 13.8. The van der Waals surface area contributed by atoms with Gasteiger partial charge in [-0.25, -0.2) is 13.2 Å². The second-order valence-corrected chi connectivity index (χ2v) is 5.28. The van der Waals surface area contributed by atoms with Crippen LogP contribution in [0.3, 0.4) is 0 Å². The number of hydrogen-bond donors (Lipinski definition) is 1. The van der Waals surface area contributed by atoms with Gasteiger partial charge in [-0.15, -0.1) is 0 Å². The lowest BCUT2D eigenvalue weighted by Gasteiger charge is -2.17. The fraction of sp³-hybridized carbons (Fsp3) is 0.250. The summed E-state index contributed by atoms with van der Waals surface area (Å²) >= 11 is 5.71. The summed E-state index contributed by atoms with van der Waals surface area (Å²) in [7, 11) is 1.70. The van der Waals surface area contributed by atoms with E-state index in [2.05, 4.69) is 5.32 Å². The van der Waals surface area contributed by atoms with Crippen molar-refractivity contribution in [1.29, 1.82) is 0 Å². The van der Waals surface area contributed by atoms with Gasteiger partial charge in [0, 0.05) is 11.1 Å². The lowest BCUT2D eigenvalue weighted by Crippen LogP contribution is -2.30. The summed E-state index contributed by atoms with van der Waals surface area (Å²) in [5.41, 5.74) is 0.749. The standard InChI is InChI=1S/C16H15ClF3N/c1-21-13(7-10-5-6-12(17)9-15(10)19)8-11-3-2-4-14(18)16(11)20/h2-6,9,13,21H,7-8H2,1H3.